The van der Waals surface area contributed by atoms with Gasteiger partial charge in [-0.3, -0.25) is 9.59 Å². The maximum absolute atomic E-state index is 12.8. The molecule has 3 rings (SSSR count). The topological polar surface area (TPSA) is 77.1 Å². The minimum Gasteiger partial charge on any atom is -0.369 e. The van der Waals surface area contributed by atoms with Gasteiger partial charge in [0.05, 0.1) is 16.5 Å². The van der Waals surface area contributed by atoms with Crippen LogP contribution in [0.3, 0.4) is 0 Å². The predicted molar refractivity (Wildman–Crippen MR) is 102 cm³/mol. The molecule has 2 aromatic carbocycles. The van der Waals surface area contributed by atoms with E-state index < -0.39 is 5.91 Å². The lowest BCUT2D eigenvalue weighted by atomic mass is 10.2. The Morgan fingerprint density at radius 3 is 2.56 bits per heavy atom. The summed E-state index contributed by atoms with van der Waals surface area (Å²) >= 11 is 7.69. The van der Waals surface area contributed by atoms with Crippen LogP contribution in [0, 0.1) is 0 Å². The first kappa shape index (κ1) is 17.4. The molecule has 0 bridgehead atoms. The van der Waals surface area contributed by atoms with Crippen molar-refractivity contribution in [2.45, 2.75) is 4.90 Å². The zero-order valence-electron chi connectivity index (χ0n) is 13.5. The molecule has 7 heteroatoms. The quantitative estimate of drug-likeness (QED) is 0.670. The number of nitrogens with two attached hydrogens (primary N) is 1. The molecule has 0 aliphatic rings. The Morgan fingerprint density at radius 2 is 1.84 bits per heavy atom. The molecule has 0 saturated heterocycles. The number of aryl methyl sites for hydroxylation is 1. The van der Waals surface area contributed by atoms with Crippen molar-refractivity contribution in [2.75, 3.05) is 11.1 Å². The second-order valence-electron chi connectivity index (χ2n) is 5.44. The van der Waals surface area contributed by atoms with Crippen LogP contribution in [0.15, 0.2) is 53.4 Å². The molecule has 0 saturated carbocycles. The first-order valence-electron chi connectivity index (χ1n) is 7.53. The summed E-state index contributed by atoms with van der Waals surface area (Å²) < 4.78 is 1.77. The molecule has 1 aromatic heterocycles. The molecule has 1 heterocycles. The van der Waals surface area contributed by atoms with Crippen LogP contribution >= 0.6 is 23.4 Å². The molecular formula is C18H16ClN3O2S. The zero-order valence-corrected chi connectivity index (χ0v) is 15.0. The van der Waals surface area contributed by atoms with Crippen LogP contribution in [0.5, 0.6) is 0 Å². The smallest absolute Gasteiger partial charge is 0.273 e. The molecule has 0 unspecified atom stereocenters. The normalized spacial score (nSPS) is 10.8. The number of anilines is 1. The molecule has 0 fully saturated rings. The Hall–Kier alpha value is -2.44. The van der Waals surface area contributed by atoms with Crippen molar-refractivity contribution in [1.82, 2.24) is 4.57 Å². The van der Waals surface area contributed by atoms with Gasteiger partial charge in [-0.25, -0.2) is 0 Å². The van der Waals surface area contributed by atoms with Crippen molar-refractivity contribution in [2.24, 2.45) is 12.8 Å². The van der Waals surface area contributed by atoms with Crippen LogP contribution in [-0.4, -0.2) is 22.1 Å². The van der Waals surface area contributed by atoms with Gasteiger partial charge in [-0.2, -0.15) is 0 Å². The summed E-state index contributed by atoms with van der Waals surface area (Å²) in [4.78, 5) is 24.6. The number of thioether (sulfide) groups is 1. The SMILES string of the molecule is Cn1c(C(=O)Nc2ccccc2SCC(N)=O)c(Cl)c2ccccc21. The van der Waals surface area contributed by atoms with Gasteiger partial charge in [-0.05, 0) is 18.2 Å². The number of nitrogens with one attached hydrogen (secondary N) is 1. The minimum atomic E-state index is -0.414. The summed E-state index contributed by atoms with van der Waals surface area (Å²) in [5.74, 6) is -0.583. The van der Waals surface area contributed by atoms with Gasteiger partial charge in [0, 0.05) is 22.8 Å². The van der Waals surface area contributed by atoms with Crippen molar-refractivity contribution in [3.8, 4) is 0 Å². The Bertz CT molecular complexity index is 929. The van der Waals surface area contributed by atoms with Gasteiger partial charge in [-0.15, -0.1) is 11.8 Å². The monoisotopic (exact) mass is 373 g/mol. The summed E-state index contributed by atoms with van der Waals surface area (Å²) in [6.07, 6.45) is 0. The van der Waals surface area contributed by atoms with Crippen molar-refractivity contribution < 1.29 is 9.59 Å². The predicted octanol–water partition coefficient (Wildman–Crippen LogP) is 3.66. The number of benzene rings is 2. The van der Waals surface area contributed by atoms with Crippen LogP contribution in [-0.2, 0) is 11.8 Å². The van der Waals surface area contributed by atoms with E-state index in [1.165, 1.54) is 11.8 Å². The largest absolute Gasteiger partial charge is 0.369 e. The van der Waals surface area contributed by atoms with Crippen LogP contribution in [0.1, 0.15) is 10.5 Å². The molecule has 3 aromatic rings. The Labute approximate surface area is 154 Å². The number of para-hydroxylation sites is 2. The number of hydrogen-bond acceptors (Lipinski definition) is 3. The lowest BCUT2D eigenvalue weighted by Gasteiger charge is -2.11. The number of carbonyl (C=O) groups is 2. The highest BCUT2D eigenvalue weighted by atomic mass is 35.5. The molecule has 0 aliphatic carbocycles. The van der Waals surface area contributed by atoms with Crippen molar-refractivity contribution in [3.63, 3.8) is 0 Å². The van der Waals surface area contributed by atoms with E-state index in [2.05, 4.69) is 5.32 Å². The third-order valence-electron chi connectivity index (χ3n) is 3.77. The average Bonchev–Trinajstić information content (AvgIpc) is 2.85. The van der Waals surface area contributed by atoms with Crippen LogP contribution in [0.2, 0.25) is 5.02 Å². The summed E-state index contributed by atoms with van der Waals surface area (Å²) in [7, 11) is 1.80. The van der Waals surface area contributed by atoms with Gasteiger partial charge in [0.15, 0.2) is 0 Å². The Balaban J connectivity index is 1.92. The molecule has 2 amide bonds. The first-order chi connectivity index (χ1) is 12.0. The third-order valence-corrected chi connectivity index (χ3v) is 5.24. The van der Waals surface area contributed by atoms with Gasteiger partial charge in [0.25, 0.3) is 5.91 Å². The van der Waals surface area contributed by atoms with E-state index in [-0.39, 0.29) is 11.7 Å². The summed E-state index contributed by atoms with van der Waals surface area (Å²) in [6, 6.07) is 14.8. The van der Waals surface area contributed by atoms with E-state index in [4.69, 9.17) is 17.3 Å². The van der Waals surface area contributed by atoms with E-state index in [0.717, 1.165) is 15.8 Å². The number of rotatable bonds is 5. The molecule has 3 N–H and O–H groups in total. The number of hydrogen-bond donors (Lipinski definition) is 2. The second-order valence-corrected chi connectivity index (χ2v) is 6.84. The highest BCUT2D eigenvalue weighted by Gasteiger charge is 2.20. The lowest BCUT2D eigenvalue weighted by molar-refractivity contribution is -0.115. The molecule has 0 spiro atoms. The van der Waals surface area contributed by atoms with Crippen molar-refractivity contribution in [1.29, 1.82) is 0 Å². The van der Waals surface area contributed by atoms with Crippen LogP contribution in [0.25, 0.3) is 10.9 Å². The number of halogens is 1. The Morgan fingerprint density at radius 1 is 1.16 bits per heavy atom. The summed E-state index contributed by atoms with van der Waals surface area (Å²) in [5, 5.41) is 4.12. The van der Waals surface area contributed by atoms with Crippen LogP contribution < -0.4 is 11.1 Å². The van der Waals surface area contributed by atoms with Crippen LogP contribution in [0.4, 0.5) is 5.69 Å². The minimum absolute atomic E-state index is 0.141. The fourth-order valence-electron chi connectivity index (χ4n) is 2.63. The molecule has 0 radical (unpaired) electrons. The maximum atomic E-state index is 12.8. The molecule has 25 heavy (non-hydrogen) atoms. The van der Waals surface area contributed by atoms with Gasteiger partial charge in [0.2, 0.25) is 5.91 Å². The Kier molecular flexibility index (Phi) is 5.01. The summed E-state index contributed by atoms with van der Waals surface area (Å²) in [5.41, 5.74) is 7.08. The molecular weight excluding hydrogens is 358 g/mol. The van der Waals surface area contributed by atoms with Crippen molar-refractivity contribution in [3.05, 3.63) is 59.2 Å². The van der Waals surface area contributed by atoms with Crippen molar-refractivity contribution >= 4 is 51.8 Å². The second kappa shape index (κ2) is 7.21. The number of carbonyl (C=O) groups excluding carboxylic acids is 2. The highest BCUT2D eigenvalue weighted by molar-refractivity contribution is 8.00. The zero-order chi connectivity index (χ0) is 18.0. The molecule has 0 atom stereocenters. The fraction of sp³-hybridized carbons (Fsp3) is 0.111. The molecule has 0 aliphatic heterocycles. The number of primary amides is 1. The first-order valence-corrected chi connectivity index (χ1v) is 8.89. The van der Waals surface area contributed by atoms with E-state index in [1.54, 1.807) is 17.7 Å². The summed E-state index contributed by atoms with van der Waals surface area (Å²) in [6.45, 7) is 0. The number of nitrogens with zero attached hydrogens (tertiary/aromatic N) is 1. The van der Waals surface area contributed by atoms with Gasteiger partial charge in [0.1, 0.15) is 5.69 Å². The van der Waals surface area contributed by atoms with E-state index in [9.17, 15) is 9.59 Å². The average molecular weight is 374 g/mol. The number of fused-ring (bicyclic) bond motifs is 1. The van der Waals surface area contributed by atoms with Gasteiger partial charge in [-0.1, -0.05) is 41.9 Å². The van der Waals surface area contributed by atoms with E-state index >= 15 is 0 Å². The van der Waals surface area contributed by atoms with E-state index in [1.807, 2.05) is 42.5 Å². The molecule has 5 nitrogen and oxygen atoms in total. The third kappa shape index (κ3) is 3.50. The highest BCUT2D eigenvalue weighted by Crippen LogP contribution is 2.32. The number of amides is 2. The lowest BCUT2D eigenvalue weighted by Crippen LogP contribution is -2.17. The fourth-order valence-corrected chi connectivity index (χ4v) is 3.74. The maximum Gasteiger partial charge on any atom is 0.273 e. The number of aromatic nitrogens is 1. The van der Waals surface area contributed by atoms with Gasteiger partial charge < -0.3 is 15.6 Å². The van der Waals surface area contributed by atoms with Gasteiger partial charge >= 0.3 is 0 Å². The standard InChI is InChI=1S/C18H16ClN3O2S/c1-22-13-8-4-2-6-11(13)16(19)17(22)18(24)21-12-7-3-5-9-14(12)25-10-15(20)23/h2-9H,10H2,1H3,(H2,20,23)(H,21,24). The molecule has 128 valence electrons. The van der Waals surface area contributed by atoms with E-state index in [0.29, 0.717) is 16.4 Å².